The van der Waals surface area contributed by atoms with E-state index < -0.39 is 16.4 Å². The van der Waals surface area contributed by atoms with Gasteiger partial charge in [-0.2, -0.15) is 13.5 Å². The van der Waals surface area contributed by atoms with E-state index in [9.17, 15) is 18.3 Å². The Bertz CT molecular complexity index is 1280. The molecular formula is C23H27N5O6S. The number of ether oxygens (including phenoxy) is 1. The van der Waals surface area contributed by atoms with E-state index >= 15 is 0 Å². The second-order valence-electron chi connectivity index (χ2n) is 8.61. The average Bonchev–Trinajstić information content (AvgIpc) is 3.44. The number of aliphatic hydroxyl groups is 1. The summed E-state index contributed by atoms with van der Waals surface area (Å²) in [6.07, 6.45) is 5.25. The van der Waals surface area contributed by atoms with E-state index in [0.29, 0.717) is 37.1 Å². The van der Waals surface area contributed by atoms with E-state index in [0.717, 1.165) is 11.3 Å². The molecule has 1 fully saturated rings. The van der Waals surface area contributed by atoms with Gasteiger partial charge in [0.15, 0.2) is 0 Å². The van der Waals surface area contributed by atoms with Crippen LogP contribution in [0.3, 0.4) is 0 Å². The van der Waals surface area contributed by atoms with Gasteiger partial charge in [0.2, 0.25) is 5.78 Å². The van der Waals surface area contributed by atoms with Crippen molar-refractivity contribution in [3.8, 4) is 5.75 Å². The van der Waals surface area contributed by atoms with Gasteiger partial charge in [-0.15, -0.1) is 0 Å². The molecule has 1 aromatic carbocycles. The fourth-order valence-electron chi connectivity index (χ4n) is 4.35. The SMILES string of the molecule is COc1ccc(Cn2ccc(C(=O)c3cncnc3C[C@@H]3C[C@H](COS(N)(=O)=O)[C@@H](O)C3)n2)cc1. The Morgan fingerprint density at radius 2 is 2.00 bits per heavy atom. The molecule has 11 nitrogen and oxygen atoms in total. The predicted octanol–water partition coefficient (Wildman–Crippen LogP) is 1.11. The number of nitrogens with two attached hydrogens (primary N) is 1. The van der Waals surface area contributed by atoms with Gasteiger partial charge in [0.05, 0.1) is 37.6 Å². The Morgan fingerprint density at radius 1 is 1.23 bits per heavy atom. The highest BCUT2D eigenvalue weighted by atomic mass is 32.2. The zero-order valence-corrected chi connectivity index (χ0v) is 20.0. The van der Waals surface area contributed by atoms with Crippen LogP contribution in [0.2, 0.25) is 0 Å². The summed E-state index contributed by atoms with van der Waals surface area (Å²) in [5, 5.41) is 19.6. The fourth-order valence-corrected chi connectivity index (χ4v) is 4.72. The molecule has 3 aromatic rings. The van der Waals surface area contributed by atoms with Crippen molar-refractivity contribution in [2.75, 3.05) is 13.7 Å². The first-order valence-corrected chi connectivity index (χ1v) is 12.5. The molecule has 1 saturated carbocycles. The van der Waals surface area contributed by atoms with Gasteiger partial charge in [0.25, 0.3) is 0 Å². The lowest BCUT2D eigenvalue weighted by Gasteiger charge is -2.13. The third kappa shape index (κ3) is 6.48. The molecule has 0 radical (unpaired) electrons. The highest BCUT2D eigenvalue weighted by Crippen LogP contribution is 2.34. The van der Waals surface area contributed by atoms with E-state index in [1.165, 1.54) is 12.5 Å². The lowest BCUT2D eigenvalue weighted by atomic mass is 9.96. The summed E-state index contributed by atoms with van der Waals surface area (Å²) in [5.41, 5.74) is 2.19. The average molecular weight is 502 g/mol. The maximum Gasteiger partial charge on any atom is 0.333 e. The second kappa shape index (κ2) is 10.6. The Morgan fingerprint density at radius 3 is 2.71 bits per heavy atom. The van der Waals surface area contributed by atoms with Crippen LogP contribution in [0.1, 0.15) is 40.2 Å². The minimum atomic E-state index is -4.07. The Kier molecular flexibility index (Phi) is 7.55. The first kappa shape index (κ1) is 24.9. The Hall–Kier alpha value is -3.19. The molecule has 186 valence electrons. The maximum absolute atomic E-state index is 13.2. The smallest absolute Gasteiger partial charge is 0.333 e. The normalized spacial score (nSPS) is 20.1. The summed E-state index contributed by atoms with van der Waals surface area (Å²) < 4.78 is 33.6. The minimum Gasteiger partial charge on any atom is -0.497 e. The fraction of sp³-hybridized carbons (Fsp3) is 0.391. The summed E-state index contributed by atoms with van der Waals surface area (Å²) in [6, 6.07) is 9.25. The zero-order valence-electron chi connectivity index (χ0n) is 19.1. The Balaban J connectivity index is 1.43. The van der Waals surface area contributed by atoms with Crippen molar-refractivity contribution in [3.05, 3.63) is 71.6 Å². The van der Waals surface area contributed by atoms with Crippen molar-refractivity contribution >= 4 is 16.1 Å². The quantitative estimate of drug-likeness (QED) is 0.388. The van der Waals surface area contributed by atoms with E-state index in [4.69, 9.17) is 9.88 Å². The van der Waals surface area contributed by atoms with Crippen molar-refractivity contribution in [2.45, 2.75) is 31.9 Å². The molecule has 0 amide bonds. The van der Waals surface area contributed by atoms with Crippen LogP contribution in [-0.2, 0) is 27.5 Å². The van der Waals surface area contributed by atoms with Crippen LogP contribution in [0.25, 0.3) is 0 Å². The maximum atomic E-state index is 13.2. The number of hydrogen-bond acceptors (Lipinski definition) is 9. The predicted molar refractivity (Wildman–Crippen MR) is 125 cm³/mol. The zero-order chi connectivity index (χ0) is 25.0. The molecule has 4 rings (SSSR count). The van der Waals surface area contributed by atoms with Crippen LogP contribution in [0.5, 0.6) is 5.75 Å². The van der Waals surface area contributed by atoms with Crippen molar-refractivity contribution in [3.63, 3.8) is 0 Å². The molecule has 2 heterocycles. The molecule has 1 aliphatic carbocycles. The molecule has 3 atom stereocenters. The number of rotatable bonds is 10. The number of aromatic nitrogens is 4. The van der Waals surface area contributed by atoms with E-state index in [-0.39, 0.29) is 29.9 Å². The molecule has 0 spiro atoms. The van der Waals surface area contributed by atoms with Crippen LogP contribution in [-0.4, -0.2) is 58.9 Å². The van der Waals surface area contributed by atoms with Crippen LogP contribution >= 0.6 is 0 Å². The van der Waals surface area contributed by atoms with Crippen molar-refractivity contribution in [1.82, 2.24) is 19.7 Å². The van der Waals surface area contributed by atoms with Crippen LogP contribution < -0.4 is 9.88 Å². The summed E-state index contributed by atoms with van der Waals surface area (Å²) in [7, 11) is -2.46. The van der Waals surface area contributed by atoms with Gasteiger partial charge in [-0.3, -0.25) is 13.7 Å². The second-order valence-corrected chi connectivity index (χ2v) is 9.83. The standard InChI is InChI=1S/C23H27N5O6S/c1-33-18-4-2-15(3-5-18)12-28-7-6-20(27-28)23(30)19-11-25-14-26-21(19)9-16-8-17(22(29)10-16)13-34-35(24,31)32/h2-7,11,14,16-17,22,29H,8-10,12-13H2,1H3,(H2,24,31,32)/t16-,17+,22-/m0/s1. The van der Waals surface area contributed by atoms with E-state index in [2.05, 4.69) is 19.2 Å². The number of carbonyl (C=O) groups excluding carboxylic acids is 1. The molecule has 0 aliphatic heterocycles. The van der Waals surface area contributed by atoms with Gasteiger partial charge in [-0.1, -0.05) is 12.1 Å². The topological polar surface area (TPSA) is 160 Å². The number of benzene rings is 1. The molecule has 35 heavy (non-hydrogen) atoms. The lowest BCUT2D eigenvalue weighted by molar-refractivity contribution is 0.100. The van der Waals surface area contributed by atoms with Crippen molar-refractivity contribution in [2.24, 2.45) is 17.0 Å². The number of methoxy groups -OCH3 is 1. The molecule has 0 unspecified atom stereocenters. The van der Waals surface area contributed by atoms with Gasteiger partial charge < -0.3 is 9.84 Å². The largest absolute Gasteiger partial charge is 0.497 e. The highest BCUT2D eigenvalue weighted by molar-refractivity contribution is 7.84. The molecule has 1 aliphatic rings. The third-order valence-electron chi connectivity index (χ3n) is 6.10. The number of hydrogen-bond donors (Lipinski definition) is 2. The summed E-state index contributed by atoms with van der Waals surface area (Å²) in [6.45, 7) is 0.315. The highest BCUT2D eigenvalue weighted by Gasteiger charge is 2.35. The number of ketones is 1. The summed E-state index contributed by atoms with van der Waals surface area (Å²) in [5.74, 6) is 0.0996. The van der Waals surface area contributed by atoms with Gasteiger partial charge in [0, 0.05) is 18.3 Å². The van der Waals surface area contributed by atoms with Gasteiger partial charge >= 0.3 is 10.3 Å². The molecule has 3 N–H and O–H groups in total. The molecule has 2 aromatic heterocycles. The van der Waals surface area contributed by atoms with E-state index in [1.807, 2.05) is 24.3 Å². The minimum absolute atomic E-state index is 0.00634. The monoisotopic (exact) mass is 501 g/mol. The lowest BCUT2D eigenvalue weighted by Crippen LogP contribution is -2.24. The van der Waals surface area contributed by atoms with Crippen molar-refractivity contribution < 1.29 is 27.2 Å². The van der Waals surface area contributed by atoms with Crippen molar-refractivity contribution in [1.29, 1.82) is 0 Å². The third-order valence-corrected chi connectivity index (χ3v) is 6.56. The van der Waals surface area contributed by atoms with Crippen LogP contribution in [0, 0.1) is 11.8 Å². The molecular weight excluding hydrogens is 474 g/mol. The van der Waals surface area contributed by atoms with Crippen LogP contribution in [0.4, 0.5) is 0 Å². The first-order chi connectivity index (χ1) is 16.7. The van der Waals surface area contributed by atoms with Gasteiger partial charge in [-0.05, 0) is 48.9 Å². The van der Waals surface area contributed by atoms with Crippen LogP contribution in [0.15, 0.2) is 49.1 Å². The first-order valence-electron chi connectivity index (χ1n) is 11.1. The molecule has 0 saturated heterocycles. The molecule has 12 heteroatoms. The number of carbonyl (C=O) groups is 1. The summed E-state index contributed by atoms with van der Waals surface area (Å²) in [4.78, 5) is 21.5. The van der Waals surface area contributed by atoms with Gasteiger partial charge in [-0.25, -0.2) is 15.1 Å². The van der Waals surface area contributed by atoms with Gasteiger partial charge in [0.1, 0.15) is 17.8 Å². The Labute approximate surface area is 203 Å². The summed E-state index contributed by atoms with van der Waals surface area (Å²) >= 11 is 0. The molecule has 0 bridgehead atoms. The number of nitrogens with zero attached hydrogens (tertiary/aromatic N) is 4. The van der Waals surface area contributed by atoms with E-state index in [1.54, 1.807) is 24.1 Å². The number of aliphatic hydroxyl groups excluding tert-OH is 1.